The van der Waals surface area contributed by atoms with Crippen molar-refractivity contribution in [3.8, 4) is 6.07 Å². The van der Waals surface area contributed by atoms with Crippen molar-refractivity contribution in [3.05, 3.63) is 35.9 Å². The Balaban J connectivity index is 0.00000200. The Labute approximate surface area is 125 Å². The van der Waals surface area contributed by atoms with E-state index in [0.717, 1.165) is 32.5 Å². The van der Waals surface area contributed by atoms with E-state index in [4.69, 9.17) is 10.4 Å². The average Bonchev–Trinajstić information content (AvgIpc) is 2.42. The summed E-state index contributed by atoms with van der Waals surface area (Å²) in [5, 5.41) is 17.9. The number of hydrogen-bond donors (Lipinski definition) is 1. The molecule has 1 aromatic carbocycles. The fraction of sp³-hybridized carbons (Fsp3) is 0.467. The van der Waals surface area contributed by atoms with Gasteiger partial charge in [0.25, 0.3) is 0 Å². The summed E-state index contributed by atoms with van der Waals surface area (Å²) in [7, 11) is 0. The first kappa shape index (κ1) is 16.5. The van der Waals surface area contributed by atoms with Crippen LogP contribution in [0.5, 0.6) is 0 Å². The van der Waals surface area contributed by atoms with Crippen LogP contribution in [-0.2, 0) is 11.3 Å². The number of aliphatic carboxylic acids is 1. The highest BCUT2D eigenvalue weighted by Gasteiger charge is 2.31. The SMILES string of the molecule is Cl.N#CC(C(=O)O)C1CCN(Cc2ccccc2)CC1. The maximum absolute atomic E-state index is 11.0. The van der Waals surface area contributed by atoms with Crippen LogP contribution in [0.1, 0.15) is 18.4 Å². The lowest BCUT2D eigenvalue weighted by atomic mass is 9.85. The smallest absolute Gasteiger partial charge is 0.321 e. The zero-order chi connectivity index (χ0) is 13.7. The lowest BCUT2D eigenvalue weighted by Crippen LogP contribution is -2.37. The fourth-order valence-electron chi connectivity index (χ4n) is 2.65. The van der Waals surface area contributed by atoms with Gasteiger partial charge < -0.3 is 5.11 Å². The van der Waals surface area contributed by atoms with Crippen molar-refractivity contribution in [2.24, 2.45) is 11.8 Å². The molecule has 0 aromatic heterocycles. The molecule has 0 aliphatic carbocycles. The van der Waals surface area contributed by atoms with Crippen LogP contribution in [0.3, 0.4) is 0 Å². The molecule has 2 rings (SSSR count). The normalized spacial score (nSPS) is 17.8. The standard InChI is InChI=1S/C15H18N2O2.ClH/c16-10-14(15(18)19)13-6-8-17(9-7-13)11-12-4-2-1-3-5-12;/h1-5,13-14H,6-9,11H2,(H,18,19);1H. The topological polar surface area (TPSA) is 64.3 Å². The predicted octanol–water partition coefficient (Wildman–Crippen LogP) is 2.54. The van der Waals surface area contributed by atoms with Crippen molar-refractivity contribution >= 4 is 18.4 Å². The van der Waals surface area contributed by atoms with Gasteiger partial charge in [0, 0.05) is 6.54 Å². The van der Waals surface area contributed by atoms with Crippen molar-refractivity contribution in [3.63, 3.8) is 0 Å². The second kappa shape index (κ2) is 7.88. The maximum atomic E-state index is 11.0. The number of hydrogen-bond acceptors (Lipinski definition) is 3. The quantitative estimate of drug-likeness (QED) is 0.927. The lowest BCUT2D eigenvalue weighted by Gasteiger charge is -2.32. The van der Waals surface area contributed by atoms with E-state index in [1.165, 1.54) is 5.56 Å². The molecule has 1 unspecified atom stereocenters. The monoisotopic (exact) mass is 294 g/mol. The molecule has 1 aliphatic heterocycles. The van der Waals surface area contributed by atoms with Crippen LogP contribution in [0.4, 0.5) is 0 Å². The summed E-state index contributed by atoms with van der Waals surface area (Å²) >= 11 is 0. The highest BCUT2D eigenvalue weighted by atomic mass is 35.5. The van der Waals surface area contributed by atoms with Crippen LogP contribution in [0.15, 0.2) is 30.3 Å². The first-order chi connectivity index (χ1) is 9.20. The fourth-order valence-corrected chi connectivity index (χ4v) is 2.65. The molecule has 1 aromatic rings. The van der Waals surface area contributed by atoms with E-state index in [1.54, 1.807) is 0 Å². The van der Waals surface area contributed by atoms with Crippen LogP contribution in [0.25, 0.3) is 0 Å². The van der Waals surface area contributed by atoms with E-state index < -0.39 is 11.9 Å². The van der Waals surface area contributed by atoms with Crippen molar-refractivity contribution in [2.75, 3.05) is 13.1 Å². The van der Waals surface area contributed by atoms with Gasteiger partial charge in [0.2, 0.25) is 0 Å². The Morgan fingerprint density at radius 3 is 2.45 bits per heavy atom. The third-order valence-corrected chi connectivity index (χ3v) is 3.76. The van der Waals surface area contributed by atoms with Crippen molar-refractivity contribution in [2.45, 2.75) is 19.4 Å². The molecule has 1 atom stereocenters. The van der Waals surface area contributed by atoms with Crippen LogP contribution >= 0.6 is 12.4 Å². The molecule has 0 radical (unpaired) electrons. The second-order valence-corrected chi connectivity index (χ2v) is 5.04. The van der Waals surface area contributed by atoms with Crippen LogP contribution in [0, 0.1) is 23.2 Å². The summed E-state index contributed by atoms with van der Waals surface area (Å²) in [6, 6.07) is 12.2. The molecule has 1 N–H and O–H groups in total. The molecule has 0 saturated carbocycles. The van der Waals surface area contributed by atoms with Gasteiger partial charge in [-0.15, -0.1) is 12.4 Å². The summed E-state index contributed by atoms with van der Waals surface area (Å²) in [5.74, 6) is -1.84. The van der Waals surface area contributed by atoms with Crippen LogP contribution in [0.2, 0.25) is 0 Å². The zero-order valence-corrected chi connectivity index (χ0v) is 12.1. The van der Waals surface area contributed by atoms with Gasteiger partial charge >= 0.3 is 5.97 Å². The van der Waals surface area contributed by atoms with E-state index in [0.29, 0.717) is 0 Å². The molecule has 1 heterocycles. The van der Waals surface area contributed by atoms with Gasteiger partial charge in [0.1, 0.15) is 5.92 Å². The number of likely N-dealkylation sites (tertiary alicyclic amines) is 1. The van der Waals surface area contributed by atoms with Gasteiger partial charge in [-0.05, 0) is 37.4 Å². The molecular formula is C15H19ClN2O2. The van der Waals surface area contributed by atoms with E-state index in [1.807, 2.05) is 24.3 Å². The van der Waals surface area contributed by atoms with E-state index in [2.05, 4.69) is 17.0 Å². The first-order valence-corrected chi connectivity index (χ1v) is 6.59. The number of nitrogens with zero attached hydrogens (tertiary/aromatic N) is 2. The molecule has 5 heteroatoms. The van der Waals surface area contributed by atoms with Crippen molar-refractivity contribution in [1.29, 1.82) is 5.26 Å². The van der Waals surface area contributed by atoms with E-state index in [9.17, 15) is 4.79 Å². The number of carbonyl (C=O) groups is 1. The minimum atomic E-state index is -0.982. The number of carboxylic acids is 1. The Hall–Kier alpha value is -1.57. The maximum Gasteiger partial charge on any atom is 0.321 e. The van der Waals surface area contributed by atoms with E-state index in [-0.39, 0.29) is 18.3 Å². The molecule has 1 saturated heterocycles. The highest BCUT2D eigenvalue weighted by Crippen LogP contribution is 2.25. The predicted molar refractivity (Wildman–Crippen MR) is 78.4 cm³/mol. The van der Waals surface area contributed by atoms with Gasteiger partial charge in [-0.1, -0.05) is 30.3 Å². The first-order valence-electron chi connectivity index (χ1n) is 6.59. The minimum Gasteiger partial charge on any atom is -0.480 e. The zero-order valence-electron chi connectivity index (χ0n) is 11.2. The summed E-state index contributed by atoms with van der Waals surface area (Å²) in [4.78, 5) is 13.3. The van der Waals surface area contributed by atoms with Gasteiger partial charge in [-0.25, -0.2) is 0 Å². The molecule has 1 fully saturated rings. The Morgan fingerprint density at radius 2 is 1.95 bits per heavy atom. The number of rotatable bonds is 4. The Morgan fingerprint density at radius 1 is 1.35 bits per heavy atom. The third-order valence-electron chi connectivity index (χ3n) is 3.76. The average molecular weight is 295 g/mol. The van der Waals surface area contributed by atoms with Gasteiger partial charge in [0.15, 0.2) is 0 Å². The van der Waals surface area contributed by atoms with Gasteiger partial charge in [0.05, 0.1) is 6.07 Å². The highest BCUT2D eigenvalue weighted by molar-refractivity contribution is 5.85. The molecule has 108 valence electrons. The minimum absolute atomic E-state index is 0. The molecule has 4 nitrogen and oxygen atoms in total. The van der Waals surface area contributed by atoms with Crippen molar-refractivity contribution in [1.82, 2.24) is 4.90 Å². The lowest BCUT2D eigenvalue weighted by molar-refractivity contribution is -0.141. The van der Waals surface area contributed by atoms with E-state index >= 15 is 0 Å². The second-order valence-electron chi connectivity index (χ2n) is 5.04. The largest absolute Gasteiger partial charge is 0.480 e. The van der Waals surface area contributed by atoms with Crippen LogP contribution in [-0.4, -0.2) is 29.1 Å². The molecule has 1 aliphatic rings. The number of carboxylic acid groups (broad SMARTS) is 1. The molecule has 0 amide bonds. The summed E-state index contributed by atoms with van der Waals surface area (Å²) in [6.07, 6.45) is 1.58. The number of piperidine rings is 1. The number of benzene rings is 1. The molecule has 0 spiro atoms. The molecule has 20 heavy (non-hydrogen) atoms. The number of halogens is 1. The Kier molecular flexibility index (Phi) is 6.50. The van der Waals surface area contributed by atoms with Crippen LogP contribution < -0.4 is 0 Å². The number of nitriles is 1. The summed E-state index contributed by atoms with van der Waals surface area (Å²) in [5.41, 5.74) is 1.27. The van der Waals surface area contributed by atoms with Gasteiger partial charge in [-0.3, -0.25) is 9.69 Å². The summed E-state index contributed by atoms with van der Waals surface area (Å²) in [6.45, 7) is 2.63. The van der Waals surface area contributed by atoms with Gasteiger partial charge in [-0.2, -0.15) is 5.26 Å². The Bertz CT molecular complexity index is 465. The third kappa shape index (κ3) is 4.22. The summed E-state index contributed by atoms with van der Waals surface area (Å²) < 4.78 is 0. The molecule has 0 bridgehead atoms. The van der Waals surface area contributed by atoms with Crippen molar-refractivity contribution < 1.29 is 9.90 Å². The molecular weight excluding hydrogens is 276 g/mol.